The summed E-state index contributed by atoms with van der Waals surface area (Å²) in [6.45, 7) is 0.923. The van der Waals surface area contributed by atoms with E-state index in [2.05, 4.69) is 11.4 Å². The molecule has 0 aliphatic carbocycles. The number of nitrogens with zero attached hydrogens (tertiary/aromatic N) is 1. The highest BCUT2D eigenvalue weighted by Crippen LogP contribution is 2.38. The van der Waals surface area contributed by atoms with Crippen LogP contribution >= 0.6 is 0 Å². The number of ether oxygens (including phenoxy) is 1. The second-order valence-electron chi connectivity index (χ2n) is 4.19. The maximum atomic E-state index is 10.1. The minimum Gasteiger partial charge on any atom is -0.504 e. The molecule has 1 atom stereocenters. The molecule has 0 amide bonds. The number of nitrogens with one attached hydrogen (secondary N) is 1. The number of piperidine rings is 1. The van der Waals surface area contributed by atoms with Gasteiger partial charge in [0.2, 0.25) is 0 Å². The Balaban J connectivity index is 2.45. The first-order valence-corrected chi connectivity index (χ1v) is 5.81. The predicted molar refractivity (Wildman–Crippen MR) is 64.0 cm³/mol. The molecule has 90 valence electrons. The van der Waals surface area contributed by atoms with Crippen LogP contribution in [0.5, 0.6) is 11.5 Å². The molecular formula is C13H16N2O2. The second-order valence-corrected chi connectivity index (χ2v) is 4.19. The molecular weight excluding hydrogens is 216 g/mol. The number of hydrogen-bond acceptors (Lipinski definition) is 4. The molecule has 4 heteroatoms. The number of phenols is 1. The van der Waals surface area contributed by atoms with Crippen LogP contribution in [0, 0.1) is 11.3 Å². The van der Waals surface area contributed by atoms with Gasteiger partial charge in [-0.25, -0.2) is 0 Å². The molecule has 1 saturated heterocycles. The van der Waals surface area contributed by atoms with Gasteiger partial charge in [-0.1, -0.05) is 6.42 Å². The van der Waals surface area contributed by atoms with Crippen molar-refractivity contribution in [2.75, 3.05) is 13.7 Å². The highest BCUT2D eigenvalue weighted by Gasteiger charge is 2.23. The standard InChI is InChI=1S/C13H16N2O2/c1-17-11-6-5-9(8-14)12(13(11)16)10-4-2-3-7-15-10/h5-6,10,15-16H,2-4,7H2,1H3/t10-/m0/s1. The molecule has 0 aromatic heterocycles. The van der Waals surface area contributed by atoms with E-state index in [4.69, 9.17) is 10.00 Å². The van der Waals surface area contributed by atoms with Gasteiger partial charge in [-0.05, 0) is 31.5 Å². The van der Waals surface area contributed by atoms with Crippen LogP contribution in [-0.4, -0.2) is 18.8 Å². The minimum atomic E-state index is 0.0495. The summed E-state index contributed by atoms with van der Waals surface area (Å²) < 4.78 is 5.09. The Kier molecular flexibility index (Phi) is 3.50. The Hall–Kier alpha value is -1.73. The number of benzene rings is 1. The van der Waals surface area contributed by atoms with Crippen molar-refractivity contribution in [1.29, 1.82) is 5.26 Å². The molecule has 1 heterocycles. The van der Waals surface area contributed by atoms with Gasteiger partial charge >= 0.3 is 0 Å². The fourth-order valence-electron chi connectivity index (χ4n) is 2.30. The smallest absolute Gasteiger partial charge is 0.163 e. The summed E-state index contributed by atoms with van der Waals surface area (Å²) in [5.74, 6) is 0.511. The summed E-state index contributed by atoms with van der Waals surface area (Å²) >= 11 is 0. The van der Waals surface area contributed by atoms with E-state index >= 15 is 0 Å². The van der Waals surface area contributed by atoms with E-state index in [0.29, 0.717) is 16.9 Å². The molecule has 2 rings (SSSR count). The molecule has 2 N–H and O–H groups in total. The normalized spacial score (nSPS) is 19.6. The number of rotatable bonds is 2. The summed E-state index contributed by atoms with van der Waals surface area (Å²) in [6.07, 6.45) is 3.19. The fourth-order valence-corrected chi connectivity index (χ4v) is 2.30. The van der Waals surface area contributed by atoms with Crippen LogP contribution in [-0.2, 0) is 0 Å². The molecule has 1 aromatic carbocycles. The molecule has 1 aliphatic heterocycles. The van der Waals surface area contributed by atoms with E-state index in [1.54, 1.807) is 12.1 Å². The van der Waals surface area contributed by atoms with Crippen LogP contribution in [0.3, 0.4) is 0 Å². The zero-order valence-corrected chi connectivity index (χ0v) is 9.86. The van der Waals surface area contributed by atoms with E-state index < -0.39 is 0 Å². The highest BCUT2D eigenvalue weighted by atomic mass is 16.5. The first kappa shape index (κ1) is 11.7. The van der Waals surface area contributed by atoms with Crippen LogP contribution in [0.1, 0.15) is 36.4 Å². The first-order chi connectivity index (χ1) is 8.27. The summed E-state index contributed by atoms with van der Waals surface area (Å²) in [5, 5.41) is 22.6. The summed E-state index contributed by atoms with van der Waals surface area (Å²) in [6, 6.07) is 5.50. The molecule has 4 nitrogen and oxygen atoms in total. The lowest BCUT2D eigenvalue weighted by Gasteiger charge is -2.25. The summed E-state index contributed by atoms with van der Waals surface area (Å²) in [5.41, 5.74) is 1.19. The monoisotopic (exact) mass is 232 g/mol. The first-order valence-electron chi connectivity index (χ1n) is 5.81. The van der Waals surface area contributed by atoms with Crippen LogP contribution in [0.15, 0.2) is 12.1 Å². The van der Waals surface area contributed by atoms with Gasteiger partial charge in [0.25, 0.3) is 0 Å². The zero-order valence-electron chi connectivity index (χ0n) is 9.86. The third-order valence-electron chi connectivity index (χ3n) is 3.18. The summed E-state index contributed by atoms with van der Waals surface area (Å²) in [7, 11) is 1.51. The van der Waals surface area contributed by atoms with Crippen molar-refractivity contribution in [2.45, 2.75) is 25.3 Å². The molecule has 0 bridgehead atoms. The molecule has 0 unspecified atom stereocenters. The van der Waals surface area contributed by atoms with E-state index in [1.165, 1.54) is 7.11 Å². The van der Waals surface area contributed by atoms with E-state index in [0.717, 1.165) is 25.8 Å². The lowest BCUT2D eigenvalue weighted by molar-refractivity contribution is 0.354. The number of methoxy groups -OCH3 is 1. The Morgan fingerprint density at radius 2 is 2.29 bits per heavy atom. The van der Waals surface area contributed by atoms with E-state index in [-0.39, 0.29) is 11.8 Å². The van der Waals surface area contributed by atoms with Gasteiger partial charge in [-0.2, -0.15) is 5.26 Å². The molecule has 0 radical (unpaired) electrons. The van der Waals surface area contributed by atoms with Gasteiger partial charge in [0.05, 0.1) is 18.7 Å². The Morgan fingerprint density at radius 1 is 1.47 bits per heavy atom. The van der Waals surface area contributed by atoms with Crippen molar-refractivity contribution >= 4 is 0 Å². The quantitative estimate of drug-likeness (QED) is 0.819. The molecule has 1 fully saturated rings. The highest BCUT2D eigenvalue weighted by molar-refractivity contribution is 5.55. The number of aromatic hydroxyl groups is 1. The number of nitriles is 1. The molecule has 1 aliphatic rings. The van der Waals surface area contributed by atoms with Crippen molar-refractivity contribution in [2.24, 2.45) is 0 Å². The average Bonchev–Trinajstić information content (AvgIpc) is 2.39. The second kappa shape index (κ2) is 5.07. The van der Waals surface area contributed by atoms with Gasteiger partial charge in [-0.3, -0.25) is 0 Å². The lowest BCUT2D eigenvalue weighted by Crippen LogP contribution is -2.27. The SMILES string of the molecule is COc1ccc(C#N)c([C@@H]2CCCCN2)c1O. The van der Waals surface area contributed by atoms with Gasteiger partial charge in [0.15, 0.2) is 11.5 Å². The van der Waals surface area contributed by atoms with Crippen LogP contribution < -0.4 is 10.1 Å². The third-order valence-corrected chi connectivity index (χ3v) is 3.18. The van der Waals surface area contributed by atoms with Crippen molar-refractivity contribution in [3.05, 3.63) is 23.3 Å². The van der Waals surface area contributed by atoms with Crippen molar-refractivity contribution in [3.8, 4) is 17.6 Å². The van der Waals surface area contributed by atoms with Crippen molar-refractivity contribution < 1.29 is 9.84 Å². The van der Waals surface area contributed by atoms with E-state index in [9.17, 15) is 5.11 Å². The number of phenolic OH excluding ortho intramolecular Hbond substituents is 1. The maximum Gasteiger partial charge on any atom is 0.163 e. The maximum absolute atomic E-state index is 10.1. The Labute approximate surface area is 101 Å². The van der Waals surface area contributed by atoms with Gasteiger partial charge < -0.3 is 15.2 Å². The van der Waals surface area contributed by atoms with Gasteiger partial charge in [0.1, 0.15) is 0 Å². The topological polar surface area (TPSA) is 65.3 Å². The molecule has 0 spiro atoms. The predicted octanol–water partition coefficient (Wildman–Crippen LogP) is 2.09. The van der Waals surface area contributed by atoms with Gasteiger partial charge in [-0.15, -0.1) is 0 Å². The average molecular weight is 232 g/mol. The zero-order chi connectivity index (χ0) is 12.3. The van der Waals surface area contributed by atoms with Crippen LogP contribution in [0.25, 0.3) is 0 Å². The molecule has 0 saturated carbocycles. The summed E-state index contributed by atoms with van der Waals surface area (Å²) in [4.78, 5) is 0. The number of hydrogen-bond donors (Lipinski definition) is 2. The van der Waals surface area contributed by atoms with Crippen LogP contribution in [0.4, 0.5) is 0 Å². The van der Waals surface area contributed by atoms with Crippen LogP contribution in [0.2, 0.25) is 0 Å². The molecule has 1 aromatic rings. The minimum absolute atomic E-state index is 0.0495. The van der Waals surface area contributed by atoms with Crippen molar-refractivity contribution in [3.63, 3.8) is 0 Å². The van der Waals surface area contributed by atoms with Gasteiger partial charge in [0, 0.05) is 11.6 Å². The Bertz CT molecular complexity index is 445. The van der Waals surface area contributed by atoms with E-state index in [1.807, 2.05) is 0 Å². The fraction of sp³-hybridized carbons (Fsp3) is 0.462. The largest absolute Gasteiger partial charge is 0.504 e. The third kappa shape index (κ3) is 2.20. The Morgan fingerprint density at radius 3 is 2.88 bits per heavy atom. The molecule has 17 heavy (non-hydrogen) atoms. The lowest BCUT2D eigenvalue weighted by atomic mass is 9.93. The van der Waals surface area contributed by atoms with Crippen molar-refractivity contribution in [1.82, 2.24) is 5.32 Å².